The van der Waals surface area contributed by atoms with Crippen LogP contribution in [0.2, 0.25) is 0 Å². The van der Waals surface area contributed by atoms with Crippen molar-refractivity contribution in [3.63, 3.8) is 0 Å². The van der Waals surface area contributed by atoms with Crippen LogP contribution in [-0.2, 0) is 4.79 Å². The second-order valence-corrected chi connectivity index (χ2v) is 6.44. The average molecular weight is 407 g/mol. The lowest BCUT2D eigenvalue weighted by atomic mass is 10.2. The molecule has 154 valence electrons. The number of amides is 1. The number of hydrogen-bond acceptors (Lipinski definition) is 6. The molecule has 0 fully saturated rings. The van der Waals surface area contributed by atoms with Crippen molar-refractivity contribution < 1.29 is 19.2 Å². The van der Waals surface area contributed by atoms with Gasteiger partial charge in [-0.1, -0.05) is 18.2 Å². The van der Waals surface area contributed by atoms with Crippen LogP contribution in [0.5, 0.6) is 17.2 Å². The molecule has 8 nitrogen and oxygen atoms in total. The summed E-state index contributed by atoms with van der Waals surface area (Å²) in [6.45, 7) is 1.69. The molecule has 0 aliphatic heterocycles. The molecular formula is C22H21N3O5. The van der Waals surface area contributed by atoms with Crippen LogP contribution in [0.3, 0.4) is 0 Å². The molecule has 1 atom stereocenters. The van der Waals surface area contributed by atoms with Crippen LogP contribution in [-0.4, -0.2) is 24.0 Å². The van der Waals surface area contributed by atoms with Crippen molar-refractivity contribution >= 4 is 23.0 Å². The van der Waals surface area contributed by atoms with Crippen LogP contribution in [0.15, 0.2) is 72.8 Å². The Morgan fingerprint density at radius 2 is 1.67 bits per heavy atom. The van der Waals surface area contributed by atoms with E-state index in [-0.39, 0.29) is 17.3 Å². The first-order valence-corrected chi connectivity index (χ1v) is 9.19. The fourth-order valence-corrected chi connectivity index (χ4v) is 2.71. The molecule has 3 aromatic carbocycles. The minimum atomic E-state index is -0.602. The zero-order valence-corrected chi connectivity index (χ0v) is 16.5. The fraction of sp³-hybridized carbons (Fsp3) is 0.136. The second-order valence-electron chi connectivity index (χ2n) is 6.44. The molecule has 0 unspecified atom stereocenters. The highest BCUT2D eigenvalue weighted by atomic mass is 16.6. The SMILES string of the molecule is COc1ccc([N+](=O)[O-])cc1NC(=O)[C@@H](C)Nc1ccc(Oc2ccccc2)cc1. The topological polar surface area (TPSA) is 103 Å². The quantitative estimate of drug-likeness (QED) is 0.409. The maximum Gasteiger partial charge on any atom is 0.271 e. The normalized spacial score (nSPS) is 11.3. The first-order chi connectivity index (χ1) is 14.5. The van der Waals surface area contributed by atoms with E-state index in [2.05, 4.69) is 10.6 Å². The van der Waals surface area contributed by atoms with E-state index in [1.807, 2.05) is 30.3 Å². The van der Waals surface area contributed by atoms with Crippen LogP contribution in [0, 0.1) is 10.1 Å². The number of para-hydroxylation sites is 1. The van der Waals surface area contributed by atoms with Crippen molar-refractivity contribution in [2.75, 3.05) is 17.7 Å². The minimum Gasteiger partial charge on any atom is -0.495 e. The van der Waals surface area contributed by atoms with Crippen LogP contribution >= 0.6 is 0 Å². The van der Waals surface area contributed by atoms with Gasteiger partial charge in [0.2, 0.25) is 5.91 Å². The summed E-state index contributed by atoms with van der Waals surface area (Å²) < 4.78 is 10.9. The summed E-state index contributed by atoms with van der Waals surface area (Å²) in [5.74, 6) is 1.38. The van der Waals surface area contributed by atoms with E-state index in [1.54, 1.807) is 31.2 Å². The number of hydrogen-bond donors (Lipinski definition) is 2. The number of nitro benzene ring substituents is 1. The van der Waals surface area contributed by atoms with Gasteiger partial charge in [0.1, 0.15) is 23.3 Å². The molecule has 0 aliphatic rings. The van der Waals surface area contributed by atoms with Crippen molar-refractivity contribution in [1.82, 2.24) is 0 Å². The monoisotopic (exact) mass is 407 g/mol. The summed E-state index contributed by atoms with van der Waals surface area (Å²) in [5.41, 5.74) is 0.821. The molecule has 0 saturated carbocycles. The Bertz CT molecular complexity index is 1020. The number of carbonyl (C=O) groups is 1. The standard InChI is InChI=1S/C22H21N3O5/c1-15(22(26)24-20-14-17(25(27)28)10-13-21(20)29-2)23-16-8-11-19(12-9-16)30-18-6-4-3-5-7-18/h3-15,23H,1-2H3,(H,24,26)/t15-/m1/s1. The summed E-state index contributed by atoms with van der Waals surface area (Å²) >= 11 is 0. The van der Waals surface area contributed by atoms with Crippen molar-refractivity contribution in [2.24, 2.45) is 0 Å². The number of non-ortho nitro benzene ring substituents is 1. The Kier molecular flexibility index (Phi) is 6.49. The molecule has 0 heterocycles. The molecule has 0 radical (unpaired) electrons. The lowest BCUT2D eigenvalue weighted by molar-refractivity contribution is -0.384. The smallest absolute Gasteiger partial charge is 0.271 e. The molecule has 0 aliphatic carbocycles. The lowest BCUT2D eigenvalue weighted by Gasteiger charge is -2.17. The van der Waals surface area contributed by atoms with E-state index in [4.69, 9.17) is 9.47 Å². The fourth-order valence-electron chi connectivity index (χ4n) is 2.71. The van der Waals surface area contributed by atoms with Crippen LogP contribution in [0.4, 0.5) is 17.1 Å². The molecule has 30 heavy (non-hydrogen) atoms. The van der Waals surface area contributed by atoms with Crippen LogP contribution in [0.1, 0.15) is 6.92 Å². The number of methoxy groups -OCH3 is 1. The van der Waals surface area contributed by atoms with E-state index in [1.165, 1.54) is 25.3 Å². The summed E-state index contributed by atoms with van der Waals surface area (Å²) in [6.07, 6.45) is 0. The highest BCUT2D eigenvalue weighted by Crippen LogP contribution is 2.29. The number of nitro groups is 1. The molecule has 3 aromatic rings. The maximum absolute atomic E-state index is 12.6. The van der Waals surface area contributed by atoms with Gasteiger partial charge in [-0.15, -0.1) is 0 Å². The maximum atomic E-state index is 12.6. The van der Waals surface area contributed by atoms with E-state index >= 15 is 0 Å². The number of ether oxygens (including phenoxy) is 2. The van der Waals surface area contributed by atoms with Gasteiger partial charge in [0.25, 0.3) is 5.69 Å². The first-order valence-electron chi connectivity index (χ1n) is 9.19. The third kappa shape index (κ3) is 5.26. The van der Waals surface area contributed by atoms with E-state index < -0.39 is 11.0 Å². The number of carbonyl (C=O) groups excluding carboxylic acids is 1. The minimum absolute atomic E-state index is 0.138. The van der Waals surface area contributed by atoms with Gasteiger partial charge in [-0.25, -0.2) is 0 Å². The van der Waals surface area contributed by atoms with Crippen molar-refractivity contribution in [2.45, 2.75) is 13.0 Å². The zero-order valence-electron chi connectivity index (χ0n) is 16.5. The van der Waals surface area contributed by atoms with Gasteiger partial charge in [0.05, 0.1) is 17.7 Å². The molecule has 0 spiro atoms. The van der Waals surface area contributed by atoms with Crippen LogP contribution < -0.4 is 20.1 Å². The largest absolute Gasteiger partial charge is 0.495 e. The zero-order chi connectivity index (χ0) is 21.5. The number of anilines is 2. The first kappa shape index (κ1) is 20.7. The average Bonchev–Trinajstić information content (AvgIpc) is 2.75. The predicted octanol–water partition coefficient (Wildman–Crippen LogP) is 4.83. The second kappa shape index (κ2) is 9.42. The predicted molar refractivity (Wildman–Crippen MR) is 114 cm³/mol. The Morgan fingerprint density at radius 3 is 2.30 bits per heavy atom. The van der Waals surface area contributed by atoms with E-state index in [0.717, 1.165) is 11.4 Å². The Hall–Kier alpha value is -4.07. The third-order valence-electron chi connectivity index (χ3n) is 4.26. The van der Waals surface area contributed by atoms with Gasteiger partial charge in [-0.05, 0) is 49.4 Å². The van der Waals surface area contributed by atoms with Gasteiger partial charge in [0, 0.05) is 17.8 Å². The summed E-state index contributed by atoms with van der Waals surface area (Å²) in [5, 5.41) is 16.7. The van der Waals surface area contributed by atoms with E-state index in [9.17, 15) is 14.9 Å². The van der Waals surface area contributed by atoms with Crippen molar-refractivity contribution in [3.05, 3.63) is 82.9 Å². The Labute approximate surface area is 173 Å². The highest BCUT2D eigenvalue weighted by Gasteiger charge is 2.17. The number of nitrogens with zero attached hydrogens (tertiary/aromatic N) is 1. The van der Waals surface area contributed by atoms with Gasteiger partial charge in [-0.2, -0.15) is 0 Å². The lowest BCUT2D eigenvalue weighted by Crippen LogP contribution is -2.32. The van der Waals surface area contributed by atoms with Crippen molar-refractivity contribution in [1.29, 1.82) is 0 Å². The van der Waals surface area contributed by atoms with Gasteiger partial charge < -0.3 is 20.1 Å². The number of benzene rings is 3. The summed E-state index contributed by atoms with van der Waals surface area (Å²) in [6, 6.07) is 20.0. The molecule has 2 N–H and O–H groups in total. The molecular weight excluding hydrogens is 386 g/mol. The molecule has 0 aromatic heterocycles. The molecule has 0 saturated heterocycles. The molecule has 3 rings (SSSR count). The molecule has 1 amide bonds. The van der Waals surface area contributed by atoms with Gasteiger partial charge in [0.15, 0.2) is 0 Å². The van der Waals surface area contributed by atoms with Gasteiger partial charge in [-0.3, -0.25) is 14.9 Å². The van der Waals surface area contributed by atoms with E-state index in [0.29, 0.717) is 11.5 Å². The Balaban J connectivity index is 1.63. The molecule has 0 bridgehead atoms. The molecule has 8 heteroatoms. The summed E-state index contributed by atoms with van der Waals surface area (Å²) in [7, 11) is 1.43. The Morgan fingerprint density at radius 1 is 1.00 bits per heavy atom. The van der Waals surface area contributed by atoms with Crippen LogP contribution in [0.25, 0.3) is 0 Å². The van der Waals surface area contributed by atoms with Gasteiger partial charge >= 0.3 is 0 Å². The number of nitrogens with one attached hydrogen (secondary N) is 2. The highest BCUT2D eigenvalue weighted by molar-refractivity contribution is 5.97. The third-order valence-corrected chi connectivity index (χ3v) is 4.26. The number of rotatable bonds is 8. The van der Waals surface area contributed by atoms with Crippen molar-refractivity contribution in [3.8, 4) is 17.2 Å². The summed E-state index contributed by atoms with van der Waals surface area (Å²) in [4.78, 5) is 23.0.